The summed E-state index contributed by atoms with van der Waals surface area (Å²) in [5.74, 6) is -2.07. The smallest absolute Gasteiger partial charge is 0.319 e. The Kier molecular flexibility index (Phi) is 3.02. The summed E-state index contributed by atoms with van der Waals surface area (Å²) in [5.41, 5.74) is 4.97. The van der Waals surface area contributed by atoms with E-state index in [4.69, 9.17) is 10.8 Å². The van der Waals surface area contributed by atoms with E-state index >= 15 is 0 Å². The van der Waals surface area contributed by atoms with Crippen LogP contribution in [-0.2, 0) is 23.1 Å². The first-order valence-corrected chi connectivity index (χ1v) is 4.80. The number of hydrogen-bond donors (Lipinski definition) is 2. The van der Waals surface area contributed by atoms with Gasteiger partial charge < -0.3 is 10.8 Å². The van der Waals surface area contributed by atoms with Crippen LogP contribution in [0.15, 0.2) is 6.07 Å². The lowest BCUT2D eigenvalue weighted by molar-refractivity contribution is -0.153. The van der Waals surface area contributed by atoms with E-state index in [1.54, 1.807) is 24.7 Å². The Morgan fingerprint density at radius 3 is 2.50 bits per heavy atom. The van der Waals surface area contributed by atoms with Crippen molar-refractivity contribution in [2.75, 3.05) is 0 Å². The Morgan fingerprint density at radius 1 is 1.62 bits per heavy atom. The van der Waals surface area contributed by atoms with Crippen molar-refractivity contribution in [2.45, 2.75) is 20.3 Å². The molecule has 1 rings (SSSR count). The summed E-state index contributed by atoms with van der Waals surface area (Å²) in [4.78, 5) is 22.3. The molecule has 0 fully saturated rings. The lowest BCUT2D eigenvalue weighted by Gasteiger charge is -2.20. The Labute approximate surface area is 93.1 Å². The summed E-state index contributed by atoms with van der Waals surface area (Å²) in [7, 11) is 1.70. The minimum Gasteiger partial charge on any atom is -0.480 e. The molecule has 1 unspecified atom stereocenters. The topological polar surface area (TPSA) is 98.2 Å². The second-order valence-electron chi connectivity index (χ2n) is 4.08. The molecule has 0 aliphatic carbocycles. The van der Waals surface area contributed by atoms with Gasteiger partial charge in [0.25, 0.3) is 0 Å². The summed E-state index contributed by atoms with van der Waals surface area (Å²) in [5, 5.41) is 13.1. The maximum atomic E-state index is 11.2. The monoisotopic (exact) mass is 225 g/mol. The molecular weight excluding hydrogens is 210 g/mol. The molecule has 0 bridgehead atoms. The Bertz CT molecular complexity index is 423. The number of nitrogens with zero attached hydrogens (tertiary/aromatic N) is 2. The lowest BCUT2D eigenvalue weighted by Crippen LogP contribution is -2.43. The predicted octanol–water partition coefficient (Wildman–Crippen LogP) is -0.153. The SMILES string of the molecule is Cc1cc(CC(C)(C(N)=O)C(=O)O)n(C)n1. The first-order valence-electron chi connectivity index (χ1n) is 4.80. The van der Waals surface area contributed by atoms with Gasteiger partial charge in [0.1, 0.15) is 5.41 Å². The fourth-order valence-corrected chi connectivity index (χ4v) is 1.46. The summed E-state index contributed by atoms with van der Waals surface area (Å²) in [6, 6.07) is 1.74. The summed E-state index contributed by atoms with van der Waals surface area (Å²) in [6.45, 7) is 3.12. The van der Waals surface area contributed by atoms with E-state index in [0.717, 1.165) is 5.69 Å². The Balaban J connectivity index is 3.06. The van der Waals surface area contributed by atoms with E-state index in [-0.39, 0.29) is 6.42 Å². The summed E-state index contributed by atoms with van der Waals surface area (Å²) >= 11 is 0. The van der Waals surface area contributed by atoms with Crippen LogP contribution in [0.3, 0.4) is 0 Å². The average molecular weight is 225 g/mol. The normalized spacial score (nSPS) is 14.4. The number of hydrogen-bond acceptors (Lipinski definition) is 3. The molecular formula is C10H15N3O3. The molecule has 1 atom stereocenters. The third-order valence-corrected chi connectivity index (χ3v) is 2.65. The van der Waals surface area contributed by atoms with Crippen molar-refractivity contribution < 1.29 is 14.7 Å². The van der Waals surface area contributed by atoms with Gasteiger partial charge in [-0.2, -0.15) is 5.10 Å². The van der Waals surface area contributed by atoms with Crippen LogP contribution in [0.1, 0.15) is 18.3 Å². The van der Waals surface area contributed by atoms with Gasteiger partial charge in [-0.3, -0.25) is 14.3 Å². The number of nitrogens with two attached hydrogens (primary N) is 1. The van der Waals surface area contributed by atoms with Crippen molar-refractivity contribution >= 4 is 11.9 Å². The number of carbonyl (C=O) groups is 2. The van der Waals surface area contributed by atoms with Gasteiger partial charge in [0.05, 0.1) is 5.69 Å². The number of carbonyl (C=O) groups excluding carboxylic acids is 1. The van der Waals surface area contributed by atoms with Crippen LogP contribution in [-0.4, -0.2) is 26.8 Å². The van der Waals surface area contributed by atoms with Gasteiger partial charge in [0.2, 0.25) is 5.91 Å². The molecule has 0 saturated heterocycles. The van der Waals surface area contributed by atoms with E-state index in [1.807, 2.05) is 0 Å². The predicted molar refractivity (Wildman–Crippen MR) is 56.6 cm³/mol. The van der Waals surface area contributed by atoms with Crippen molar-refractivity contribution in [3.63, 3.8) is 0 Å². The van der Waals surface area contributed by atoms with E-state index in [2.05, 4.69) is 5.10 Å². The minimum atomic E-state index is -1.60. The molecule has 1 heterocycles. The number of aryl methyl sites for hydroxylation is 2. The number of carboxylic acids is 1. The summed E-state index contributed by atoms with van der Waals surface area (Å²) in [6.07, 6.45) is 0.0367. The maximum absolute atomic E-state index is 11.2. The number of amides is 1. The van der Waals surface area contributed by atoms with Gasteiger partial charge in [0, 0.05) is 19.2 Å². The van der Waals surface area contributed by atoms with Gasteiger partial charge >= 0.3 is 5.97 Å². The van der Waals surface area contributed by atoms with Crippen LogP contribution < -0.4 is 5.73 Å². The van der Waals surface area contributed by atoms with Crippen LogP contribution in [0, 0.1) is 12.3 Å². The third kappa shape index (κ3) is 2.05. The second kappa shape index (κ2) is 3.96. The molecule has 1 amide bonds. The van der Waals surface area contributed by atoms with Crippen LogP contribution in [0.2, 0.25) is 0 Å². The van der Waals surface area contributed by atoms with Gasteiger partial charge in [-0.1, -0.05) is 0 Å². The van der Waals surface area contributed by atoms with E-state index in [1.165, 1.54) is 6.92 Å². The standard InChI is InChI=1S/C10H15N3O3/c1-6-4-7(13(3)12-6)5-10(2,8(11)14)9(15)16/h4H,5H2,1-3H3,(H2,11,14)(H,15,16). The van der Waals surface area contributed by atoms with Gasteiger partial charge in [-0.05, 0) is 19.9 Å². The molecule has 1 aromatic heterocycles. The van der Waals surface area contributed by atoms with Gasteiger partial charge in [-0.15, -0.1) is 0 Å². The molecule has 0 aromatic carbocycles. The Hall–Kier alpha value is -1.85. The summed E-state index contributed by atoms with van der Waals surface area (Å²) < 4.78 is 1.56. The van der Waals surface area contributed by atoms with Crippen LogP contribution in [0.5, 0.6) is 0 Å². The maximum Gasteiger partial charge on any atom is 0.319 e. The largest absolute Gasteiger partial charge is 0.480 e. The number of aromatic nitrogens is 2. The molecule has 6 nitrogen and oxygen atoms in total. The zero-order valence-electron chi connectivity index (χ0n) is 9.52. The number of aliphatic carboxylic acids is 1. The first kappa shape index (κ1) is 12.2. The van der Waals surface area contributed by atoms with Crippen molar-refractivity contribution in [2.24, 2.45) is 18.2 Å². The van der Waals surface area contributed by atoms with Crippen molar-refractivity contribution in [3.05, 3.63) is 17.5 Å². The molecule has 0 spiro atoms. The molecule has 0 radical (unpaired) electrons. The van der Waals surface area contributed by atoms with Crippen LogP contribution in [0.4, 0.5) is 0 Å². The fraction of sp³-hybridized carbons (Fsp3) is 0.500. The molecule has 16 heavy (non-hydrogen) atoms. The highest BCUT2D eigenvalue weighted by molar-refractivity contribution is 6.00. The zero-order chi connectivity index (χ0) is 12.5. The fourth-order valence-electron chi connectivity index (χ4n) is 1.46. The van der Waals surface area contributed by atoms with E-state index in [9.17, 15) is 9.59 Å². The molecule has 6 heteroatoms. The third-order valence-electron chi connectivity index (χ3n) is 2.65. The molecule has 0 aliphatic heterocycles. The molecule has 1 aromatic rings. The highest BCUT2D eigenvalue weighted by Crippen LogP contribution is 2.22. The minimum absolute atomic E-state index is 0.0367. The van der Waals surface area contributed by atoms with Crippen molar-refractivity contribution in [3.8, 4) is 0 Å². The highest BCUT2D eigenvalue weighted by atomic mass is 16.4. The van der Waals surface area contributed by atoms with Crippen molar-refractivity contribution in [1.29, 1.82) is 0 Å². The molecule has 3 N–H and O–H groups in total. The van der Waals surface area contributed by atoms with Gasteiger partial charge in [-0.25, -0.2) is 0 Å². The highest BCUT2D eigenvalue weighted by Gasteiger charge is 2.40. The molecule has 0 aliphatic rings. The van der Waals surface area contributed by atoms with Crippen LogP contribution >= 0.6 is 0 Å². The molecule has 88 valence electrons. The quantitative estimate of drug-likeness (QED) is 0.696. The van der Waals surface area contributed by atoms with E-state index in [0.29, 0.717) is 5.69 Å². The van der Waals surface area contributed by atoms with Crippen molar-refractivity contribution in [1.82, 2.24) is 9.78 Å². The van der Waals surface area contributed by atoms with Crippen LogP contribution in [0.25, 0.3) is 0 Å². The van der Waals surface area contributed by atoms with E-state index < -0.39 is 17.3 Å². The number of carboxylic acid groups (broad SMARTS) is 1. The number of rotatable bonds is 4. The lowest BCUT2D eigenvalue weighted by atomic mass is 9.84. The zero-order valence-corrected chi connectivity index (χ0v) is 9.52. The number of primary amides is 1. The van der Waals surface area contributed by atoms with Gasteiger partial charge in [0.15, 0.2) is 0 Å². The first-order chi connectivity index (χ1) is 7.27. The molecule has 0 saturated carbocycles. The average Bonchev–Trinajstić information content (AvgIpc) is 2.44. The Morgan fingerprint density at radius 2 is 2.19 bits per heavy atom. The second-order valence-corrected chi connectivity index (χ2v) is 4.08.